The van der Waals surface area contributed by atoms with Gasteiger partial charge in [0.15, 0.2) is 6.61 Å². The van der Waals surface area contributed by atoms with Crippen molar-refractivity contribution < 1.29 is 23.7 Å². The fourth-order valence-corrected chi connectivity index (χ4v) is 2.83. The molecule has 0 bridgehead atoms. The number of nitrogens with one attached hydrogen (secondary N) is 1. The van der Waals surface area contributed by atoms with E-state index in [4.69, 9.17) is 32.4 Å². The van der Waals surface area contributed by atoms with Crippen LogP contribution in [0.15, 0.2) is 40.8 Å². The highest BCUT2D eigenvalue weighted by atomic mass is 35.5. The van der Waals surface area contributed by atoms with Crippen LogP contribution in [-0.4, -0.2) is 23.4 Å². The highest BCUT2D eigenvalue weighted by molar-refractivity contribution is 6.33. The lowest BCUT2D eigenvalue weighted by Crippen LogP contribution is -2.21. The van der Waals surface area contributed by atoms with Crippen LogP contribution < -0.4 is 5.32 Å². The van der Waals surface area contributed by atoms with Crippen LogP contribution in [0.1, 0.15) is 16.1 Å². The number of benzene rings is 2. The van der Waals surface area contributed by atoms with Crippen molar-refractivity contribution in [1.29, 1.82) is 0 Å². The van der Waals surface area contributed by atoms with Gasteiger partial charge in [0, 0.05) is 28.1 Å². The highest BCUT2D eigenvalue weighted by Crippen LogP contribution is 2.29. The predicted molar refractivity (Wildman–Crippen MR) is 103 cm³/mol. The monoisotopic (exact) mass is 422 g/mol. The summed E-state index contributed by atoms with van der Waals surface area (Å²) >= 11 is 11.9. The first-order valence-corrected chi connectivity index (χ1v) is 8.61. The molecule has 144 valence electrons. The molecule has 0 aliphatic heterocycles. The molecule has 0 aliphatic rings. The van der Waals surface area contributed by atoms with Crippen molar-refractivity contribution in [3.8, 4) is 0 Å². The Kier molecular flexibility index (Phi) is 5.53. The maximum atomic E-state index is 12.2. The Balaban J connectivity index is 1.68. The third-order valence-electron chi connectivity index (χ3n) is 3.85. The first kappa shape index (κ1) is 19.7. The molecule has 28 heavy (non-hydrogen) atoms. The fraction of sp³-hybridized carbons (Fsp3) is 0.111. The first-order valence-electron chi connectivity index (χ1n) is 7.86. The second-order valence-electron chi connectivity index (χ2n) is 5.74. The van der Waals surface area contributed by atoms with Gasteiger partial charge >= 0.3 is 5.97 Å². The Morgan fingerprint density at radius 1 is 1.21 bits per heavy atom. The predicted octanol–water partition coefficient (Wildman–Crippen LogP) is 4.75. The molecule has 0 aliphatic carbocycles. The number of fused-ring (bicyclic) bond motifs is 1. The number of nitro groups is 1. The number of carbonyl (C=O) groups is 2. The van der Waals surface area contributed by atoms with E-state index in [1.54, 1.807) is 25.1 Å². The molecule has 0 unspecified atom stereocenters. The number of hydrogen-bond donors (Lipinski definition) is 1. The van der Waals surface area contributed by atoms with Crippen molar-refractivity contribution in [1.82, 2.24) is 0 Å². The minimum Gasteiger partial charge on any atom is -0.450 e. The Morgan fingerprint density at radius 3 is 2.68 bits per heavy atom. The van der Waals surface area contributed by atoms with E-state index >= 15 is 0 Å². The smallest absolute Gasteiger partial charge is 0.375 e. The van der Waals surface area contributed by atoms with Gasteiger partial charge in [-0.05, 0) is 31.2 Å². The zero-order chi connectivity index (χ0) is 20.4. The molecule has 0 saturated carbocycles. The molecule has 0 spiro atoms. The van der Waals surface area contributed by atoms with Crippen LogP contribution in [0.2, 0.25) is 10.0 Å². The molecule has 1 amide bonds. The average molecular weight is 423 g/mol. The zero-order valence-corrected chi connectivity index (χ0v) is 15.8. The summed E-state index contributed by atoms with van der Waals surface area (Å²) in [6.45, 7) is 1.04. The molecular formula is C18H12Cl2N2O6. The fourth-order valence-electron chi connectivity index (χ4n) is 2.49. The molecule has 2 aromatic carbocycles. The number of esters is 1. The maximum Gasteiger partial charge on any atom is 0.375 e. The number of amides is 1. The third kappa shape index (κ3) is 4.08. The van der Waals surface area contributed by atoms with E-state index in [0.717, 1.165) is 6.07 Å². The number of halogens is 2. The van der Waals surface area contributed by atoms with Gasteiger partial charge in [-0.2, -0.15) is 0 Å². The summed E-state index contributed by atoms with van der Waals surface area (Å²) in [6, 6.07) is 8.49. The van der Waals surface area contributed by atoms with Gasteiger partial charge in [0.2, 0.25) is 5.76 Å². The molecule has 1 aromatic heterocycles. The van der Waals surface area contributed by atoms with Crippen LogP contribution in [0.5, 0.6) is 0 Å². The first-order chi connectivity index (χ1) is 13.3. The lowest BCUT2D eigenvalue weighted by atomic mass is 10.1. The number of rotatable bonds is 5. The number of carbonyl (C=O) groups excluding carboxylic acids is 2. The number of nitrogens with zero attached hydrogens (tertiary/aromatic N) is 1. The number of anilines is 1. The summed E-state index contributed by atoms with van der Waals surface area (Å²) in [5.41, 5.74) is 0.783. The molecule has 3 aromatic rings. The normalized spacial score (nSPS) is 10.7. The highest BCUT2D eigenvalue weighted by Gasteiger charge is 2.21. The van der Waals surface area contributed by atoms with E-state index in [9.17, 15) is 19.7 Å². The van der Waals surface area contributed by atoms with Crippen LogP contribution in [0.3, 0.4) is 0 Å². The zero-order valence-electron chi connectivity index (χ0n) is 14.3. The van der Waals surface area contributed by atoms with E-state index in [-0.39, 0.29) is 22.2 Å². The summed E-state index contributed by atoms with van der Waals surface area (Å²) in [5.74, 6) is -1.59. The van der Waals surface area contributed by atoms with Crippen molar-refractivity contribution in [2.75, 3.05) is 11.9 Å². The molecule has 8 nitrogen and oxygen atoms in total. The maximum absolute atomic E-state index is 12.2. The molecule has 1 heterocycles. The lowest BCUT2D eigenvalue weighted by Gasteiger charge is -2.07. The van der Waals surface area contributed by atoms with Crippen LogP contribution in [0.25, 0.3) is 11.0 Å². The topological polar surface area (TPSA) is 112 Å². The Bertz CT molecular complexity index is 1110. The van der Waals surface area contributed by atoms with E-state index in [2.05, 4.69) is 5.32 Å². The summed E-state index contributed by atoms with van der Waals surface area (Å²) in [6.07, 6.45) is 0. The standard InChI is InChI=1S/C18H12Cl2N2O6/c1-9-12-6-10(19)2-5-15(12)28-17(9)18(24)27-8-16(23)21-14-7-11(22(25)26)3-4-13(14)20/h2-7H,8H2,1H3,(H,21,23). The Labute approximate surface area is 168 Å². The van der Waals surface area contributed by atoms with Crippen molar-refractivity contribution in [2.24, 2.45) is 0 Å². The summed E-state index contributed by atoms with van der Waals surface area (Å²) in [7, 11) is 0. The third-order valence-corrected chi connectivity index (χ3v) is 4.42. The molecule has 0 saturated heterocycles. The van der Waals surface area contributed by atoms with Crippen molar-refractivity contribution in [3.63, 3.8) is 0 Å². The molecule has 1 N–H and O–H groups in total. The molecule has 0 radical (unpaired) electrons. The molecular weight excluding hydrogens is 411 g/mol. The van der Waals surface area contributed by atoms with Gasteiger partial charge < -0.3 is 14.5 Å². The van der Waals surface area contributed by atoms with Crippen LogP contribution in [0, 0.1) is 17.0 Å². The van der Waals surface area contributed by atoms with Gasteiger partial charge in [-0.3, -0.25) is 14.9 Å². The van der Waals surface area contributed by atoms with Crippen LogP contribution in [0.4, 0.5) is 11.4 Å². The van der Waals surface area contributed by atoms with Crippen LogP contribution in [-0.2, 0) is 9.53 Å². The number of hydrogen-bond acceptors (Lipinski definition) is 6. The number of ether oxygens (including phenoxy) is 1. The second kappa shape index (κ2) is 7.87. The van der Waals surface area contributed by atoms with Gasteiger partial charge in [-0.15, -0.1) is 0 Å². The summed E-state index contributed by atoms with van der Waals surface area (Å²) < 4.78 is 10.4. The summed E-state index contributed by atoms with van der Waals surface area (Å²) in [4.78, 5) is 34.4. The largest absolute Gasteiger partial charge is 0.450 e. The lowest BCUT2D eigenvalue weighted by molar-refractivity contribution is -0.384. The van der Waals surface area contributed by atoms with Gasteiger partial charge in [0.1, 0.15) is 5.58 Å². The molecule has 10 heteroatoms. The van der Waals surface area contributed by atoms with E-state index in [0.29, 0.717) is 21.6 Å². The van der Waals surface area contributed by atoms with Gasteiger partial charge in [0.25, 0.3) is 11.6 Å². The number of furan rings is 1. The van der Waals surface area contributed by atoms with E-state index < -0.39 is 23.4 Å². The average Bonchev–Trinajstić information content (AvgIpc) is 2.97. The molecule has 3 rings (SSSR count). The number of aryl methyl sites for hydroxylation is 1. The Hall–Kier alpha value is -3.10. The van der Waals surface area contributed by atoms with Gasteiger partial charge in [0.05, 0.1) is 15.6 Å². The number of nitro benzene ring substituents is 1. The second-order valence-corrected chi connectivity index (χ2v) is 6.59. The SMILES string of the molecule is Cc1c(C(=O)OCC(=O)Nc2cc([N+](=O)[O-])ccc2Cl)oc2ccc(Cl)cc12. The van der Waals surface area contributed by atoms with Crippen molar-refractivity contribution in [2.45, 2.75) is 6.92 Å². The van der Waals surface area contributed by atoms with E-state index in [1.165, 1.54) is 12.1 Å². The van der Waals surface area contributed by atoms with Crippen molar-refractivity contribution in [3.05, 3.63) is 67.9 Å². The van der Waals surface area contributed by atoms with E-state index in [1.807, 2.05) is 0 Å². The van der Waals surface area contributed by atoms with Crippen molar-refractivity contribution >= 4 is 57.4 Å². The molecule has 0 atom stereocenters. The minimum atomic E-state index is -0.829. The minimum absolute atomic E-state index is 0.0338. The number of non-ortho nitro benzene ring substituents is 1. The van der Waals surface area contributed by atoms with Gasteiger partial charge in [-0.1, -0.05) is 23.2 Å². The van der Waals surface area contributed by atoms with Crippen LogP contribution >= 0.6 is 23.2 Å². The Morgan fingerprint density at radius 2 is 1.96 bits per heavy atom. The quantitative estimate of drug-likeness (QED) is 0.360. The molecule has 0 fully saturated rings. The summed E-state index contributed by atoms with van der Waals surface area (Å²) in [5, 5.41) is 14.4. The van der Waals surface area contributed by atoms with Gasteiger partial charge in [-0.25, -0.2) is 4.79 Å².